The van der Waals surface area contributed by atoms with Crippen LogP contribution in [0.25, 0.3) is 0 Å². The van der Waals surface area contributed by atoms with E-state index in [2.05, 4.69) is 13.8 Å². The van der Waals surface area contributed by atoms with Crippen molar-refractivity contribution in [2.75, 3.05) is 0 Å². The standard InChI is InChI=1S/2C53H100O3S.Ba/c2*1-2-3-4-5-6-7-8-9-10-11-12-13-14-15-16-17-18-19-20-21-22-23-24-25-26-27-28-29-30-31-32-33-34-35-36-37-38-39-40-41-42-43-44-45-46-49-52-50-47-48-51-53(52)57(54,55)56;/h2*47-48,50-51H,2-46,49H2,1H3,(H,54,55,56);/q;;+2/p-2. The number of hydrogen-bond donors (Lipinski definition) is 0. The Morgan fingerprint density at radius 3 is 0.365 bits per heavy atom. The third kappa shape index (κ3) is 87.1. The van der Waals surface area contributed by atoms with Crippen molar-refractivity contribution >= 4 is 69.1 Å². The zero-order valence-corrected chi connectivity index (χ0v) is 83.7. The van der Waals surface area contributed by atoms with E-state index >= 15 is 0 Å². The molecule has 0 aromatic heterocycles. The molecule has 0 heterocycles. The molecule has 2 aromatic carbocycles. The van der Waals surface area contributed by atoms with E-state index in [4.69, 9.17) is 0 Å². The summed E-state index contributed by atoms with van der Waals surface area (Å²) in [4.78, 5) is -0.0792. The molecule has 6 nitrogen and oxygen atoms in total. The second-order valence-electron chi connectivity index (χ2n) is 36.7. The Morgan fingerprint density at radius 1 is 0.165 bits per heavy atom. The Kier molecular flexibility index (Phi) is 94.4. The summed E-state index contributed by atoms with van der Waals surface area (Å²) in [6, 6.07) is 13.3. The fourth-order valence-electron chi connectivity index (χ4n) is 17.9. The molecule has 0 N–H and O–H groups in total. The van der Waals surface area contributed by atoms with Crippen LogP contribution in [0.15, 0.2) is 58.3 Å². The topological polar surface area (TPSA) is 114 Å². The van der Waals surface area contributed by atoms with E-state index < -0.39 is 20.2 Å². The average Bonchev–Trinajstić information content (AvgIpc) is 0.845. The summed E-state index contributed by atoms with van der Waals surface area (Å²) in [6.07, 6.45) is 130. The van der Waals surface area contributed by atoms with E-state index in [-0.39, 0.29) is 58.7 Å². The van der Waals surface area contributed by atoms with Crippen LogP contribution in [-0.4, -0.2) is 74.8 Å². The minimum atomic E-state index is -4.37. The van der Waals surface area contributed by atoms with Gasteiger partial charge in [0.2, 0.25) is 0 Å². The molecule has 0 unspecified atom stereocenters. The first-order valence-electron chi connectivity index (χ1n) is 52.2. The first-order chi connectivity index (χ1) is 56.1. The van der Waals surface area contributed by atoms with E-state index in [0.29, 0.717) is 24.0 Å². The summed E-state index contributed by atoms with van der Waals surface area (Å²) < 4.78 is 68.5. The van der Waals surface area contributed by atoms with Crippen molar-refractivity contribution in [3.63, 3.8) is 0 Å². The van der Waals surface area contributed by atoms with Gasteiger partial charge in [0.25, 0.3) is 0 Å². The molecule has 672 valence electrons. The Morgan fingerprint density at radius 2 is 0.261 bits per heavy atom. The fraction of sp³-hybridized carbons (Fsp3) is 0.887. The quantitative estimate of drug-likeness (QED) is 0.0370. The van der Waals surface area contributed by atoms with Gasteiger partial charge in [-0.05, 0) is 48.9 Å². The molecule has 0 aliphatic heterocycles. The van der Waals surface area contributed by atoms with Gasteiger partial charge in [0.15, 0.2) is 0 Å². The maximum absolute atomic E-state index is 11.4. The molecule has 0 aliphatic rings. The van der Waals surface area contributed by atoms with E-state index in [1.807, 2.05) is 12.1 Å². The van der Waals surface area contributed by atoms with Gasteiger partial charge in [-0.2, -0.15) is 0 Å². The second-order valence-corrected chi connectivity index (χ2v) is 39.4. The van der Waals surface area contributed by atoms with Crippen LogP contribution in [-0.2, 0) is 33.1 Å². The molecule has 0 fully saturated rings. The molecule has 115 heavy (non-hydrogen) atoms. The van der Waals surface area contributed by atoms with Gasteiger partial charge in [-0.25, -0.2) is 16.8 Å². The predicted octanol–water partition coefficient (Wildman–Crippen LogP) is 37.0. The van der Waals surface area contributed by atoms with Crippen LogP contribution in [0.5, 0.6) is 0 Å². The molecule has 0 aliphatic carbocycles. The minimum absolute atomic E-state index is 0. The van der Waals surface area contributed by atoms with Gasteiger partial charge in [0.05, 0.1) is 9.79 Å². The molecule has 0 bridgehead atoms. The Hall–Kier alpha value is -0.169. The molecule has 2 rings (SSSR count). The first-order valence-corrected chi connectivity index (χ1v) is 55.0. The van der Waals surface area contributed by atoms with E-state index in [9.17, 15) is 25.9 Å². The Bertz CT molecular complexity index is 2250. The summed E-state index contributed by atoms with van der Waals surface area (Å²) in [5.41, 5.74) is 1.35. The third-order valence-corrected chi connectivity index (χ3v) is 27.5. The van der Waals surface area contributed by atoms with Crippen LogP contribution in [0.3, 0.4) is 0 Å². The maximum Gasteiger partial charge on any atom is 2.00 e. The number of benzene rings is 2. The van der Waals surface area contributed by atoms with Crippen molar-refractivity contribution in [1.29, 1.82) is 0 Å². The van der Waals surface area contributed by atoms with Crippen molar-refractivity contribution < 1.29 is 25.9 Å². The molecule has 0 saturated heterocycles. The molecule has 0 saturated carbocycles. The van der Waals surface area contributed by atoms with Crippen molar-refractivity contribution in [1.82, 2.24) is 0 Å². The summed E-state index contributed by atoms with van der Waals surface area (Å²) in [5, 5.41) is 0. The first kappa shape index (κ1) is 115. The molecular formula is C106H198BaO6S2. The SMILES string of the molecule is CCCCCCCCCCCCCCCCCCCCCCCCCCCCCCCCCCCCCCCCCCCCCCCc1ccccc1S(=O)(=O)[O-].CCCCCCCCCCCCCCCCCCCCCCCCCCCCCCCCCCCCCCCCCCCCCCCc1ccccc1S(=O)(=O)[O-].[Ba+2]. The monoisotopic (exact) mass is 1770 g/mol. The van der Waals surface area contributed by atoms with Crippen LogP contribution in [0.1, 0.15) is 603 Å². The zero-order chi connectivity index (χ0) is 82.0. The van der Waals surface area contributed by atoms with E-state index in [0.717, 1.165) is 25.7 Å². The summed E-state index contributed by atoms with van der Waals surface area (Å²) in [6.45, 7) is 4.61. The van der Waals surface area contributed by atoms with Crippen LogP contribution >= 0.6 is 0 Å². The van der Waals surface area contributed by atoms with Gasteiger partial charge >= 0.3 is 48.9 Å². The van der Waals surface area contributed by atoms with Crippen LogP contribution in [0.4, 0.5) is 0 Å². The molecule has 0 spiro atoms. The van der Waals surface area contributed by atoms with Crippen LogP contribution in [0, 0.1) is 0 Å². The summed E-state index contributed by atoms with van der Waals surface area (Å²) in [5.74, 6) is 0. The average molecular weight is 1770 g/mol. The van der Waals surface area contributed by atoms with E-state index in [1.165, 1.54) is 564 Å². The van der Waals surface area contributed by atoms with E-state index in [1.54, 1.807) is 24.3 Å². The molecule has 0 amide bonds. The number of aryl methyl sites for hydroxylation is 2. The molecular weight excluding hydrogens is 1570 g/mol. The number of rotatable bonds is 94. The largest absolute Gasteiger partial charge is 2.00 e. The minimum Gasteiger partial charge on any atom is -0.744 e. The van der Waals surface area contributed by atoms with Gasteiger partial charge in [0.1, 0.15) is 20.2 Å². The molecule has 9 heteroatoms. The molecule has 2 aromatic rings. The summed E-state index contributed by atoms with van der Waals surface area (Å²) in [7, 11) is -8.74. The normalized spacial score (nSPS) is 11.8. The third-order valence-electron chi connectivity index (χ3n) is 25.6. The Labute approximate surface area is 762 Å². The smallest absolute Gasteiger partial charge is 0.744 e. The van der Waals surface area contributed by atoms with Gasteiger partial charge < -0.3 is 9.11 Å². The summed E-state index contributed by atoms with van der Waals surface area (Å²) >= 11 is 0. The van der Waals surface area contributed by atoms with Crippen LogP contribution < -0.4 is 0 Å². The fourth-order valence-corrected chi connectivity index (χ4v) is 19.4. The zero-order valence-electron chi connectivity index (χ0n) is 77.6. The predicted molar refractivity (Wildman–Crippen MR) is 509 cm³/mol. The van der Waals surface area contributed by atoms with Crippen molar-refractivity contribution in [3.8, 4) is 0 Å². The molecule has 0 radical (unpaired) electrons. The van der Waals surface area contributed by atoms with Crippen molar-refractivity contribution in [3.05, 3.63) is 59.7 Å². The molecule has 0 atom stereocenters. The maximum atomic E-state index is 11.4. The van der Waals surface area contributed by atoms with Crippen LogP contribution in [0.2, 0.25) is 0 Å². The van der Waals surface area contributed by atoms with Crippen molar-refractivity contribution in [2.45, 2.75) is 614 Å². The van der Waals surface area contributed by atoms with Crippen molar-refractivity contribution in [2.24, 2.45) is 0 Å². The van der Waals surface area contributed by atoms with Gasteiger partial charge in [-0.15, -0.1) is 0 Å². The number of hydrogen-bond acceptors (Lipinski definition) is 6. The Balaban J connectivity index is 0.00000224. The van der Waals surface area contributed by atoms with Gasteiger partial charge in [-0.3, -0.25) is 0 Å². The van der Waals surface area contributed by atoms with Gasteiger partial charge in [-0.1, -0.05) is 615 Å². The van der Waals surface area contributed by atoms with Gasteiger partial charge in [0, 0.05) is 0 Å². The second kappa shape index (κ2) is 94.5. The number of unbranched alkanes of at least 4 members (excludes halogenated alkanes) is 88.